The van der Waals surface area contributed by atoms with E-state index in [2.05, 4.69) is 4.98 Å². The number of nitrogens with zero attached hydrogens (tertiary/aromatic N) is 2. The van der Waals surface area contributed by atoms with Gasteiger partial charge in [-0.1, -0.05) is 36.4 Å². The molecule has 3 rings (SSSR count). The van der Waals surface area contributed by atoms with Gasteiger partial charge in [-0.15, -0.1) is 11.8 Å². The molecule has 1 aliphatic heterocycles. The number of aromatic nitrogens is 1. The van der Waals surface area contributed by atoms with Gasteiger partial charge in [-0.25, -0.2) is 0 Å². The van der Waals surface area contributed by atoms with Gasteiger partial charge in [-0.3, -0.25) is 14.6 Å². The predicted molar refractivity (Wildman–Crippen MR) is 96.0 cm³/mol. The zero-order valence-electron chi connectivity index (χ0n) is 13.4. The van der Waals surface area contributed by atoms with Gasteiger partial charge in [-0.05, 0) is 25.0 Å². The molecular weight excluding hydrogens is 320 g/mol. The minimum absolute atomic E-state index is 0.0658. The molecule has 1 amide bonds. The molecule has 1 aromatic heterocycles. The van der Waals surface area contributed by atoms with Crippen LogP contribution in [0.4, 0.5) is 0 Å². The summed E-state index contributed by atoms with van der Waals surface area (Å²) in [5.74, 6) is 0.824. The molecule has 124 valence electrons. The van der Waals surface area contributed by atoms with Crippen LogP contribution in [0.15, 0.2) is 54.7 Å². The van der Waals surface area contributed by atoms with E-state index in [1.54, 1.807) is 6.20 Å². The Labute approximate surface area is 146 Å². The number of amides is 1. The highest BCUT2D eigenvalue weighted by molar-refractivity contribution is 8.00. The van der Waals surface area contributed by atoms with Gasteiger partial charge in [-0.2, -0.15) is 0 Å². The van der Waals surface area contributed by atoms with Crippen molar-refractivity contribution in [3.63, 3.8) is 0 Å². The third-order valence-corrected chi connectivity index (χ3v) is 5.07. The number of benzene rings is 1. The molecule has 0 bridgehead atoms. The number of likely N-dealkylation sites (tertiary alicyclic amines) is 1. The molecule has 0 spiro atoms. The molecule has 0 N–H and O–H groups in total. The standard InChI is InChI=1S/C19H20N2O2S/c22-18(15-7-2-1-3-8-15)13-24-14-19(23)21-12-6-10-17(21)16-9-4-5-11-20-16/h1-5,7-9,11,17H,6,10,12-14H2. The van der Waals surface area contributed by atoms with E-state index in [4.69, 9.17) is 0 Å². The maximum atomic E-state index is 12.5. The van der Waals surface area contributed by atoms with Gasteiger partial charge in [0, 0.05) is 18.3 Å². The van der Waals surface area contributed by atoms with Crippen LogP contribution in [0.2, 0.25) is 0 Å². The lowest BCUT2D eigenvalue weighted by molar-refractivity contribution is -0.129. The molecule has 1 atom stereocenters. The van der Waals surface area contributed by atoms with Crippen LogP contribution in [0.3, 0.4) is 0 Å². The van der Waals surface area contributed by atoms with Crippen LogP contribution in [0.25, 0.3) is 0 Å². The highest BCUT2D eigenvalue weighted by Crippen LogP contribution is 2.31. The van der Waals surface area contributed by atoms with E-state index < -0.39 is 0 Å². The predicted octanol–water partition coefficient (Wildman–Crippen LogP) is 3.36. The molecule has 1 unspecified atom stereocenters. The summed E-state index contributed by atoms with van der Waals surface area (Å²) in [6, 6.07) is 15.1. The van der Waals surface area contributed by atoms with Crippen LogP contribution in [0.1, 0.15) is 34.9 Å². The third kappa shape index (κ3) is 4.03. The number of hydrogen-bond donors (Lipinski definition) is 0. The van der Waals surface area contributed by atoms with E-state index >= 15 is 0 Å². The highest BCUT2D eigenvalue weighted by Gasteiger charge is 2.30. The lowest BCUT2D eigenvalue weighted by Gasteiger charge is -2.24. The summed E-state index contributed by atoms with van der Waals surface area (Å²) in [7, 11) is 0. The van der Waals surface area contributed by atoms with Crippen LogP contribution >= 0.6 is 11.8 Å². The Balaban J connectivity index is 1.52. The van der Waals surface area contributed by atoms with Gasteiger partial charge in [0.25, 0.3) is 0 Å². The van der Waals surface area contributed by atoms with Crippen molar-refractivity contribution in [3.05, 3.63) is 66.0 Å². The molecule has 0 radical (unpaired) electrons. The van der Waals surface area contributed by atoms with Gasteiger partial charge in [0.2, 0.25) is 5.91 Å². The summed E-state index contributed by atoms with van der Waals surface area (Å²) in [5, 5.41) is 0. The van der Waals surface area contributed by atoms with Crippen molar-refractivity contribution in [2.45, 2.75) is 18.9 Å². The molecule has 1 fully saturated rings. The van der Waals surface area contributed by atoms with Crippen molar-refractivity contribution in [3.8, 4) is 0 Å². The monoisotopic (exact) mass is 340 g/mol. The van der Waals surface area contributed by atoms with Crippen molar-refractivity contribution in [2.24, 2.45) is 0 Å². The fourth-order valence-electron chi connectivity index (χ4n) is 2.97. The molecule has 4 nitrogen and oxygen atoms in total. The number of carbonyl (C=O) groups excluding carboxylic acids is 2. The van der Waals surface area contributed by atoms with Crippen molar-refractivity contribution in [1.29, 1.82) is 0 Å². The Kier molecular flexibility index (Phi) is 5.64. The van der Waals surface area contributed by atoms with Gasteiger partial charge in [0.1, 0.15) is 0 Å². The van der Waals surface area contributed by atoms with Crippen LogP contribution in [0.5, 0.6) is 0 Å². The second-order valence-electron chi connectivity index (χ2n) is 5.78. The van der Waals surface area contributed by atoms with Crippen LogP contribution in [-0.2, 0) is 4.79 Å². The SMILES string of the molecule is O=C(CSCC(=O)N1CCCC1c1ccccn1)c1ccccc1. The summed E-state index contributed by atoms with van der Waals surface area (Å²) in [4.78, 5) is 30.9. The smallest absolute Gasteiger partial charge is 0.233 e. The van der Waals surface area contributed by atoms with Crippen molar-refractivity contribution < 1.29 is 9.59 Å². The number of rotatable bonds is 6. The summed E-state index contributed by atoms with van der Waals surface area (Å²) in [6.45, 7) is 0.771. The summed E-state index contributed by atoms with van der Waals surface area (Å²) in [5.41, 5.74) is 1.65. The molecule has 0 saturated carbocycles. The third-order valence-electron chi connectivity index (χ3n) is 4.16. The Morgan fingerprint density at radius 1 is 1.08 bits per heavy atom. The molecule has 0 aliphatic carbocycles. The van der Waals surface area contributed by atoms with Gasteiger partial charge in [0.15, 0.2) is 5.78 Å². The van der Waals surface area contributed by atoms with Gasteiger partial charge < -0.3 is 4.90 Å². The van der Waals surface area contributed by atoms with Crippen molar-refractivity contribution in [1.82, 2.24) is 9.88 Å². The number of hydrogen-bond acceptors (Lipinski definition) is 4. The first-order valence-corrected chi connectivity index (χ1v) is 9.27. The molecular formula is C19H20N2O2S. The summed E-state index contributed by atoms with van der Waals surface area (Å²) in [6.07, 6.45) is 3.72. The number of Topliss-reactive ketones (excluding diaryl/α,β-unsaturated/α-hetero) is 1. The topological polar surface area (TPSA) is 50.3 Å². The molecule has 1 aliphatic rings. The van der Waals surface area contributed by atoms with E-state index in [1.807, 2.05) is 53.4 Å². The van der Waals surface area contributed by atoms with E-state index in [0.29, 0.717) is 17.1 Å². The average molecular weight is 340 g/mol. The molecule has 2 heterocycles. The second kappa shape index (κ2) is 8.11. The number of ketones is 1. The first kappa shape index (κ1) is 16.7. The largest absolute Gasteiger partial charge is 0.333 e. The molecule has 5 heteroatoms. The zero-order chi connectivity index (χ0) is 16.8. The zero-order valence-corrected chi connectivity index (χ0v) is 14.2. The van der Waals surface area contributed by atoms with E-state index in [0.717, 1.165) is 25.1 Å². The van der Waals surface area contributed by atoms with Gasteiger partial charge >= 0.3 is 0 Å². The Morgan fingerprint density at radius 2 is 1.88 bits per heavy atom. The molecule has 1 saturated heterocycles. The van der Waals surface area contributed by atoms with E-state index in [-0.39, 0.29) is 17.7 Å². The van der Waals surface area contributed by atoms with Crippen LogP contribution in [-0.4, -0.2) is 39.6 Å². The lowest BCUT2D eigenvalue weighted by atomic mass is 10.1. The Hall–Kier alpha value is -2.14. The maximum absolute atomic E-state index is 12.5. The average Bonchev–Trinajstić information content (AvgIpc) is 3.13. The van der Waals surface area contributed by atoms with E-state index in [9.17, 15) is 9.59 Å². The number of carbonyl (C=O) groups is 2. The minimum Gasteiger partial charge on any atom is -0.333 e. The summed E-state index contributed by atoms with van der Waals surface area (Å²) < 4.78 is 0. The van der Waals surface area contributed by atoms with Crippen LogP contribution < -0.4 is 0 Å². The van der Waals surface area contributed by atoms with E-state index in [1.165, 1.54) is 11.8 Å². The Bertz CT molecular complexity index is 691. The fourth-order valence-corrected chi connectivity index (χ4v) is 3.76. The normalized spacial score (nSPS) is 17.0. The number of pyridine rings is 1. The molecule has 24 heavy (non-hydrogen) atoms. The van der Waals surface area contributed by atoms with Gasteiger partial charge in [0.05, 0.1) is 23.2 Å². The molecule has 1 aromatic carbocycles. The van der Waals surface area contributed by atoms with Crippen molar-refractivity contribution >= 4 is 23.5 Å². The maximum Gasteiger partial charge on any atom is 0.233 e. The fraction of sp³-hybridized carbons (Fsp3) is 0.316. The Morgan fingerprint density at radius 3 is 2.62 bits per heavy atom. The molecule has 2 aromatic rings. The minimum atomic E-state index is 0.0658. The van der Waals surface area contributed by atoms with Crippen LogP contribution in [0, 0.1) is 0 Å². The summed E-state index contributed by atoms with van der Waals surface area (Å²) >= 11 is 1.39. The number of thioether (sulfide) groups is 1. The first-order valence-electron chi connectivity index (χ1n) is 8.12. The quantitative estimate of drug-likeness (QED) is 0.757. The van der Waals surface area contributed by atoms with Crippen molar-refractivity contribution in [2.75, 3.05) is 18.1 Å². The lowest BCUT2D eigenvalue weighted by Crippen LogP contribution is -2.32. The second-order valence-corrected chi connectivity index (χ2v) is 6.77. The first-order chi connectivity index (χ1) is 11.8. The highest BCUT2D eigenvalue weighted by atomic mass is 32.2.